The van der Waals surface area contributed by atoms with Crippen LogP contribution in [0.1, 0.15) is 23.1 Å². The SMILES string of the molecule is COc1cc(CNCCCNCCO)cc(Br)c1OCc1ccc(C)cc1. The van der Waals surface area contributed by atoms with Crippen molar-refractivity contribution in [2.45, 2.75) is 26.5 Å². The van der Waals surface area contributed by atoms with E-state index in [-0.39, 0.29) is 6.61 Å². The fourth-order valence-corrected chi connectivity index (χ4v) is 3.23. The highest BCUT2D eigenvalue weighted by Crippen LogP contribution is 2.37. The van der Waals surface area contributed by atoms with E-state index in [4.69, 9.17) is 14.6 Å². The molecule has 0 spiro atoms. The second-order valence-electron chi connectivity index (χ2n) is 6.39. The fraction of sp³-hybridized carbons (Fsp3) is 0.429. The molecule has 2 aromatic carbocycles. The molecule has 0 aliphatic carbocycles. The first kappa shape index (κ1) is 21.7. The van der Waals surface area contributed by atoms with Crippen molar-refractivity contribution < 1.29 is 14.6 Å². The van der Waals surface area contributed by atoms with Crippen LogP contribution in [0, 0.1) is 6.92 Å². The summed E-state index contributed by atoms with van der Waals surface area (Å²) in [6.45, 7) is 5.95. The highest BCUT2D eigenvalue weighted by molar-refractivity contribution is 9.10. The van der Waals surface area contributed by atoms with Gasteiger partial charge in [-0.05, 0) is 65.6 Å². The van der Waals surface area contributed by atoms with Crippen molar-refractivity contribution in [1.29, 1.82) is 0 Å². The number of halogens is 1. The number of rotatable bonds is 12. The van der Waals surface area contributed by atoms with Gasteiger partial charge in [-0.3, -0.25) is 0 Å². The highest BCUT2D eigenvalue weighted by Gasteiger charge is 2.12. The van der Waals surface area contributed by atoms with E-state index in [0.29, 0.717) is 13.2 Å². The molecule has 0 aromatic heterocycles. The standard InChI is InChI=1S/C21H29BrN2O3/c1-16-4-6-17(7-5-16)15-27-21-19(22)12-18(13-20(21)26-2)14-24-9-3-8-23-10-11-25/h4-7,12-13,23-25H,3,8-11,14-15H2,1-2H3. The predicted molar refractivity (Wildman–Crippen MR) is 112 cm³/mol. The van der Waals surface area contributed by atoms with Crippen molar-refractivity contribution in [1.82, 2.24) is 10.6 Å². The Labute approximate surface area is 170 Å². The highest BCUT2D eigenvalue weighted by atomic mass is 79.9. The maximum Gasteiger partial charge on any atom is 0.175 e. The Hall–Kier alpha value is -1.60. The molecule has 0 aliphatic heterocycles. The van der Waals surface area contributed by atoms with Crippen molar-refractivity contribution in [3.05, 3.63) is 57.6 Å². The fourth-order valence-electron chi connectivity index (χ4n) is 2.63. The minimum absolute atomic E-state index is 0.180. The summed E-state index contributed by atoms with van der Waals surface area (Å²) in [6.07, 6.45) is 1.01. The molecule has 3 N–H and O–H groups in total. The van der Waals surface area contributed by atoms with E-state index in [0.717, 1.165) is 53.2 Å². The molecule has 0 unspecified atom stereocenters. The van der Waals surface area contributed by atoms with Gasteiger partial charge in [0.1, 0.15) is 6.61 Å². The second kappa shape index (κ2) is 12.0. The van der Waals surface area contributed by atoms with E-state index in [9.17, 15) is 0 Å². The van der Waals surface area contributed by atoms with Crippen LogP contribution in [0.5, 0.6) is 11.5 Å². The van der Waals surface area contributed by atoms with E-state index in [1.54, 1.807) is 7.11 Å². The zero-order chi connectivity index (χ0) is 19.5. The van der Waals surface area contributed by atoms with Crippen molar-refractivity contribution >= 4 is 15.9 Å². The van der Waals surface area contributed by atoms with Crippen LogP contribution in [-0.2, 0) is 13.2 Å². The van der Waals surface area contributed by atoms with E-state index < -0.39 is 0 Å². The Morgan fingerprint density at radius 3 is 2.44 bits per heavy atom. The number of aliphatic hydroxyl groups excluding tert-OH is 1. The average Bonchev–Trinajstić information content (AvgIpc) is 2.67. The molecule has 6 heteroatoms. The lowest BCUT2D eigenvalue weighted by Crippen LogP contribution is -2.23. The van der Waals surface area contributed by atoms with Crippen molar-refractivity contribution in [3.63, 3.8) is 0 Å². The topological polar surface area (TPSA) is 62.8 Å². The lowest BCUT2D eigenvalue weighted by atomic mass is 10.1. The smallest absolute Gasteiger partial charge is 0.175 e. The molecule has 27 heavy (non-hydrogen) atoms. The zero-order valence-electron chi connectivity index (χ0n) is 16.1. The van der Waals surface area contributed by atoms with E-state index in [2.05, 4.69) is 63.8 Å². The van der Waals surface area contributed by atoms with Gasteiger partial charge >= 0.3 is 0 Å². The number of hydrogen-bond acceptors (Lipinski definition) is 5. The Balaban J connectivity index is 1.88. The minimum Gasteiger partial charge on any atom is -0.493 e. The van der Waals surface area contributed by atoms with Gasteiger partial charge in [0.2, 0.25) is 0 Å². The first-order valence-corrected chi connectivity index (χ1v) is 10.0. The molecule has 0 saturated heterocycles. The monoisotopic (exact) mass is 436 g/mol. The maximum atomic E-state index is 8.72. The molecule has 0 bridgehead atoms. The zero-order valence-corrected chi connectivity index (χ0v) is 17.6. The Morgan fingerprint density at radius 1 is 1.00 bits per heavy atom. The lowest BCUT2D eigenvalue weighted by Gasteiger charge is -2.15. The summed E-state index contributed by atoms with van der Waals surface area (Å²) in [7, 11) is 1.66. The van der Waals surface area contributed by atoms with Crippen LogP contribution in [0.2, 0.25) is 0 Å². The quantitative estimate of drug-likeness (QED) is 0.445. The molecular weight excluding hydrogens is 408 g/mol. The first-order valence-electron chi connectivity index (χ1n) is 9.21. The van der Waals surface area contributed by atoms with E-state index >= 15 is 0 Å². The Morgan fingerprint density at radius 2 is 1.74 bits per heavy atom. The largest absolute Gasteiger partial charge is 0.493 e. The Bertz CT molecular complexity index is 693. The van der Waals surface area contributed by atoms with Crippen LogP contribution in [0.15, 0.2) is 40.9 Å². The van der Waals surface area contributed by atoms with Crippen molar-refractivity contribution in [3.8, 4) is 11.5 Å². The van der Waals surface area contributed by atoms with E-state index in [1.807, 2.05) is 6.07 Å². The Kier molecular flexibility index (Phi) is 9.62. The number of aryl methyl sites for hydroxylation is 1. The molecule has 0 fully saturated rings. The number of nitrogens with one attached hydrogen (secondary N) is 2. The first-order chi connectivity index (χ1) is 13.1. The van der Waals surface area contributed by atoms with Gasteiger partial charge in [-0.2, -0.15) is 0 Å². The van der Waals surface area contributed by atoms with Crippen molar-refractivity contribution in [2.24, 2.45) is 0 Å². The van der Waals surface area contributed by atoms with Crippen LogP contribution in [0.25, 0.3) is 0 Å². The summed E-state index contributed by atoms with van der Waals surface area (Å²) in [5, 5.41) is 15.3. The normalized spacial score (nSPS) is 10.8. The van der Waals surface area contributed by atoms with Gasteiger partial charge in [-0.1, -0.05) is 29.8 Å². The van der Waals surface area contributed by atoms with Gasteiger partial charge in [0.15, 0.2) is 11.5 Å². The molecule has 148 valence electrons. The molecule has 2 aromatic rings. The summed E-state index contributed by atoms with van der Waals surface area (Å²) in [5.74, 6) is 1.44. The third kappa shape index (κ3) is 7.50. The van der Waals surface area contributed by atoms with Gasteiger partial charge in [0, 0.05) is 13.1 Å². The predicted octanol–water partition coefficient (Wildman–Crippen LogP) is 3.41. The molecule has 0 aliphatic rings. The summed E-state index contributed by atoms with van der Waals surface area (Å²) < 4.78 is 12.4. The van der Waals surface area contributed by atoms with Gasteiger partial charge < -0.3 is 25.2 Å². The van der Waals surface area contributed by atoms with Crippen LogP contribution in [0.4, 0.5) is 0 Å². The van der Waals surface area contributed by atoms with Crippen molar-refractivity contribution in [2.75, 3.05) is 33.4 Å². The molecule has 0 saturated carbocycles. The number of aliphatic hydroxyl groups is 1. The lowest BCUT2D eigenvalue weighted by molar-refractivity contribution is 0.282. The molecule has 0 heterocycles. The number of methoxy groups -OCH3 is 1. The number of benzene rings is 2. The van der Waals surface area contributed by atoms with Gasteiger partial charge in [0.05, 0.1) is 18.2 Å². The third-order valence-corrected chi connectivity index (χ3v) is 4.71. The third-order valence-electron chi connectivity index (χ3n) is 4.12. The summed E-state index contributed by atoms with van der Waals surface area (Å²) in [5.41, 5.74) is 3.48. The number of ether oxygens (including phenoxy) is 2. The van der Waals surface area contributed by atoms with E-state index in [1.165, 1.54) is 5.56 Å². The molecule has 0 radical (unpaired) electrons. The average molecular weight is 437 g/mol. The maximum absolute atomic E-state index is 8.72. The van der Waals surface area contributed by atoms with Gasteiger partial charge in [-0.25, -0.2) is 0 Å². The molecule has 0 amide bonds. The molecule has 0 atom stereocenters. The number of hydrogen-bond donors (Lipinski definition) is 3. The van der Waals surface area contributed by atoms with Crippen LogP contribution < -0.4 is 20.1 Å². The van der Waals surface area contributed by atoms with Gasteiger partial charge in [-0.15, -0.1) is 0 Å². The molecule has 5 nitrogen and oxygen atoms in total. The summed E-state index contributed by atoms with van der Waals surface area (Å²) >= 11 is 3.61. The van der Waals surface area contributed by atoms with Crippen LogP contribution >= 0.6 is 15.9 Å². The minimum atomic E-state index is 0.180. The summed E-state index contributed by atoms with van der Waals surface area (Å²) in [6, 6.07) is 12.4. The molecule has 2 rings (SSSR count). The molecular formula is C21H29BrN2O3. The second-order valence-corrected chi connectivity index (χ2v) is 7.24. The summed E-state index contributed by atoms with van der Waals surface area (Å²) in [4.78, 5) is 0. The van der Waals surface area contributed by atoms with Crippen LogP contribution in [0.3, 0.4) is 0 Å². The van der Waals surface area contributed by atoms with Gasteiger partial charge in [0.25, 0.3) is 0 Å². The van der Waals surface area contributed by atoms with Crippen LogP contribution in [-0.4, -0.2) is 38.5 Å².